The molecule has 0 fully saturated rings. The number of aliphatic hydroxyl groups excluding tert-OH is 1. The summed E-state index contributed by atoms with van der Waals surface area (Å²) >= 11 is 0. The number of nitrogens with one attached hydrogen (secondary N) is 2. The van der Waals surface area contributed by atoms with Gasteiger partial charge in [0.2, 0.25) is 5.91 Å². The van der Waals surface area contributed by atoms with Crippen LogP contribution in [0.3, 0.4) is 0 Å². The number of carbonyl (C=O) groups excluding carboxylic acids is 1. The minimum Gasteiger partial charge on any atom is -0.490 e. The predicted octanol–water partition coefficient (Wildman–Crippen LogP) is 1.04. The Kier molecular flexibility index (Phi) is 7.97. The van der Waals surface area contributed by atoms with Crippen molar-refractivity contribution in [3.8, 4) is 11.5 Å². The number of hydrogen-bond donors (Lipinski definition) is 3. The molecule has 1 aromatic rings. The Morgan fingerprint density at radius 3 is 3.00 bits per heavy atom. The van der Waals surface area contributed by atoms with Gasteiger partial charge in [0, 0.05) is 31.0 Å². The Labute approximate surface area is 148 Å². The number of benzene rings is 1. The van der Waals surface area contributed by atoms with Crippen molar-refractivity contribution in [3.63, 3.8) is 0 Å². The topological polar surface area (TPSA) is 89.1 Å². The van der Waals surface area contributed by atoms with E-state index in [2.05, 4.69) is 10.6 Å². The van der Waals surface area contributed by atoms with E-state index in [4.69, 9.17) is 14.5 Å². The van der Waals surface area contributed by atoms with E-state index in [1.165, 1.54) is 0 Å². The summed E-state index contributed by atoms with van der Waals surface area (Å²) in [7, 11) is 0. The number of ether oxygens (including phenoxy) is 1. The highest BCUT2D eigenvalue weighted by Gasteiger charge is 2.17. The van der Waals surface area contributed by atoms with Crippen molar-refractivity contribution >= 4 is 5.91 Å². The van der Waals surface area contributed by atoms with Gasteiger partial charge in [0.1, 0.15) is 18.5 Å². The average Bonchev–Trinajstić information content (AvgIpc) is 2.62. The van der Waals surface area contributed by atoms with Gasteiger partial charge in [-0.05, 0) is 25.1 Å². The van der Waals surface area contributed by atoms with E-state index in [9.17, 15) is 9.90 Å². The highest BCUT2D eigenvalue weighted by Crippen LogP contribution is 2.31. The Morgan fingerprint density at radius 1 is 1.36 bits per heavy atom. The van der Waals surface area contributed by atoms with Crippen LogP contribution in [0.2, 0.25) is 0 Å². The molecule has 0 saturated heterocycles. The predicted molar refractivity (Wildman–Crippen MR) is 93.6 cm³/mol. The van der Waals surface area contributed by atoms with Crippen molar-refractivity contribution in [3.05, 3.63) is 23.8 Å². The molecule has 140 valence electrons. The molecule has 0 radical (unpaired) electrons. The molecular formula is C18H28N2O5. The van der Waals surface area contributed by atoms with E-state index >= 15 is 0 Å². The minimum absolute atomic E-state index is 0.00706. The van der Waals surface area contributed by atoms with Crippen LogP contribution < -0.4 is 20.3 Å². The van der Waals surface area contributed by atoms with Crippen LogP contribution >= 0.6 is 0 Å². The molecule has 1 unspecified atom stereocenters. The summed E-state index contributed by atoms with van der Waals surface area (Å²) in [6.07, 6.45) is 0.930. The third kappa shape index (κ3) is 6.53. The zero-order valence-electron chi connectivity index (χ0n) is 14.9. The molecular weight excluding hydrogens is 324 g/mol. The van der Waals surface area contributed by atoms with Crippen LogP contribution in [0.4, 0.5) is 0 Å². The number of rotatable bonds is 10. The zero-order valence-corrected chi connectivity index (χ0v) is 14.9. The summed E-state index contributed by atoms with van der Waals surface area (Å²) in [6, 6.07) is 5.53. The lowest BCUT2D eigenvalue weighted by Gasteiger charge is -2.20. The van der Waals surface area contributed by atoms with E-state index in [1.807, 2.05) is 32.0 Å². The summed E-state index contributed by atoms with van der Waals surface area (Å²) in [6.45, 7) is 6.22. The smallest absolute Gasteiger partial charge is 0.222 e. The maximum atomic E-state index is 11.4. The molecule has 1 aromatic carbocycles. The fourth-order valence-electron chi connectivity index (χ4n) is 2.40. The molecule has 1 amide bonds. The molecule has 0 aromatic heterocycles. The van der Waals surface area contributed by atoms with Crippen LogP contribution in [-0.2, 0) is 16.1 Å². The van der Waals surface area contributed by atoms with Crippen LogP contribution in [0.5, 0.6) is 11.5 Å². The fourth-order valence-corrected chi connectivity index (χ4v) is 2.40. The SMILES string of the molecule is CC(C)C(=O)NCCCNCC(O)COc1cccc2c1CCOO2. The molecule has 2 rings (SSSR count). The first-order chi connectivity index (χ1) is 12.1. The standard InChI is InChI=1S/C18H28N2O5/c1-13(2)18(22)20-9-4-8-19-11-14(21)12-23-16-5-3-6-17-15(16)7-10-24-25-17/h3,5-6,13-14,19,21H,4,7-12H2,1-2H3,(H,20,22). The lowest BCUT2D eigenvalue weighted by molar-refractivity contribution is -0.215. The second-order valence-corrected chi connectivity index (χ2v) is 6.36. The molecule has 1 aliphatic heterocycles. The first-order valence-corrected chi connectivity index (χ1v) is 8.78. The Balaban J connectivity index is 1.60. The van der Waals surface area contributed by atoms with Crippen molar-refractivity contribution in [2.75, 3.05) is 32.8 Å². The fraction of sp³-hybridized carbons (Fsp3) is 0.611. The van der Waals surface area contributed by atoms with Gasteiger partial charge in [-0.3, -0.25) is 4.79 Å². The van der Waals surface area contributed by atoms with Crippen LogP contribution in [0.1, 0.15) is 25.8 Å². The Morgan fingerprint density at radius 2 is 2.20 bits per heavy atom. The van der Waals surface area contributed by atoms with Crippen LogP contribution in [0.25, 0.3) is 0 Å². The average molecular weight is 352 g/mol. The summed E-state index contributed by atoms with van der Waals surface area (Å²) in [5.74, 6) is 1.46. The lowest BCUT2D eigenvalue weighted by atomic mass is 10.1. The Bertz CT molecular complexity index is 550. The summed E-state index contributed by atoms with van der Waals surface area (Å²) < 4.78 is 5.72. The van der Waals surface area contributed by atoms with Crippen molar-refractivity contribution in [2.45, 2.75) is 32.8 Å². The number of fused-ring (bicyclic) bond motifs is 1. The quantitative estimate of drug-likeness (QED) is 0.431. The molecule has 7 nitrogen and oxygen atoms in total. The van der Waals surface area contributed by atoms with Gasteiger partial charge in [-0.1, -0.05) is 19.9 Å². The number of amides is 1. The molecule has 0 spiro atoms. The van der Waals surface area contributed by atoms with E-state index in [0.717, 1.165) is 30.7 Å². The molecule has 0 aliphatic carbocycles. The first kappa shape index (κ1) is 19.5. The molecule has 7 heteroatoms. The van der Waals surface area contributed by atoms with Crippen molar-refractivity contribution < 1.29 is 24.4 Å². The highest BCUT2D eigenvalue weighted by atomic mass is 17.2. The molecule has 0 saturated carbocycles. The minimum atomic E-state index is -0.609. The second-order valence-electron chi connectivity index (χ2n) is 6.36. The molecule has 1 atom stereocenters. The van der Waals surface area contributed by atoms with Gasteiger partial charge in [-0.15, -0.1) is 0 Å². The van der Waals surface area contributed by atoms with Gasteiger partial charge >= 0.3 is 0 Å². The van der Waals surface area contributed by atoms with Crippen LogP contribution in [0.15, 0.2) is 18.2 Å². The Hall–Kier alpha value is -1.83. The van der Waals surface area contributed by atoms with Gasteiger partial charge in [0.15, 0.2) is 5.75 Å². The summed E-state index contributed by atoms with van der Waals surface area (Å²) in [4.78, 5) is 21.5. The van der Waals surface area contributed by atoms with E-state index in [1.54, 1.807) is 0 Å². The van der Waals surface area contributed by atoms with Gasteiger partial charge < -0.3 is 25.4 Å². The van der Waals surface area contributed by atoms with Gasteiger partial charge in [-0.2, -0.15) is 4.89 Å². The van der Waals surface area contributed by atoms with Crippen LogP contribution in [0, 0.1) is 5.92 Å². The largest absolute Gasteiger partial charge is 0.490 e. The number of carbonyl (C=O) groups is 1. The molecule has 3 N–H and O–H groups in total. The highest BCUT2D eigenvalue weighted by molar-refractivity contribution is 5.77. The molecule has 1 aliphatic rings. The van der Waals surface area contributed by atoms with E-state index in [-0.39, 0.29) is 18.4 Å². The van der Waals surface area contributed by atoms with Crippen LogP contribution in [-0.4, -0.2) is 50.0 Å². The third-order valence-electron chi connectivity index (χ3n) is 3.84. The lowest BCUT2D eigenvalue weighted by Crippen LogP contribution is -2.34. The monoisotopic (exact) mass is 352 g/mol. The molecule has 25 heavy (non-hydrogen) atoms. The van der Waals surface area contributed by atoms with E-state index in [0.29, 0.717) is 25.4 Å². The summed E-state index contributed by atoms with van der Waals surface area (Å²) in [5, 5.41) is 16.0. The van der Waals surface area contributed by atoms with Gasteiger partial charge in [0.25, 0.3) is 0 Å². The number of aliphatic hydroxyl groups is 1. The summed E-state index contributed by atoms with van der Waals surface area (Å²) in [5.41, 5.74) is 0.967. The first-order valence-electron chi connectivity index (χ1n) is 8.78. The van der Waals surface area contributed by atoms with Crippen molar-refractivity contribution in [2.24, 2.45) is 5.92 Å². The van der Waals surface area contributed by atoms with Crippen molar-refractivity contribution in [1.29, 1.82) is 0 Å². The van der Waals surface area contributed by atoms with Gasteiger partial charge in [0.05, 0.1) is 6.61 Å². The second kappa shape index (κ2) is 10.2. The molecule has 1 heterocycles. The molecule has 0 bridgehead atoms. The van der Waals surface area contributed by atoms with E-state index < -0.39 is 6.10 Å². The maximum absolute atomic E-state index is 11.4. The van der Waals surface area contributed by atoms with Crippen molar-refractivity contribution in [1.82, 2.24) is 10.6 Å². The van der Waals surface area contributed by atoms with Gasteiger partial charge in [-0.25, -0.2) is 0 Å². The third-order valence-corrected chi connectivity index (χ3v) is 3.84. The number of hydrogen-bond acceptors (Lipinski definition) is 6. The maximum Gasteiger partial charge on any atom is 0.222 e. The zero-order chi connectivity index (χ0) is 18.1. The normalized spacial score (nSPS) is 14.6.